The average Bonchev–Trinajstić information content (AvgIpc) is 2.84. The van der Waals surface area contributed by atoms with Crippen molar-refractivity contribution in [2.24, 2.45) is 4.99 Å². The van der Waals surface area contributed by atoms with Gasteiger partial charge < -0.3 is 5.32 Å². The average molecular weight is 343 g/mol. The Morgan fingerprint density at radius 2 is 1.83 bits per heavy atom. The molecule has 0 unspecified atom stereocenters. The van der Waals surface area contributed by atoms with E-state index in [1.807, 2.05) is 31.2 Å². The van der Waals surface area contributed by atoms with Gasteiger partial charge in [-0.2, -0.15) is 0 Å². The van der Waals surface area contributed by atoms with Gasteiger partial charge in [-0.05, 0) is 24.6 Å². The standard InChI is InChI=1S/C17H17N3O3S/c1-12-6-8-13(9-7-12)10-18-16(21)11-19-17-14-4-2-3-5-15(14)24(22,23)20-17/h2-9H,10-11H2,1H3,(H,18,21)(H,19,20). The highest BCUT2D eigenvalue weighted by molar-refractivity contribution is 7.90. The number of amidine groups is 1. The number of sulfonamides is 1. The monoisotopic (exact) mass is 343 g/mol. The van der Waals surface area contributed by atoms with Crippen molar-refractivity contribution in [3.05, 3.63) is 65.2 Å². The van der Waals surface area contributed by atoms with E-state index in [4.69, 9.17) is 0 Å². The number of hydrogen-bond acceptors (Lipinski definition) is 4. The fraction of sp³-hybridized carbons (Fsp3) is 0.176. The summed E-state index contributed by atoms with van der Waals surface area (Å²) in [5.41, 5.74) is 2.64. The topological polar surface area (TPSA) is 87.6 Å². The first-order valence-electron chi connectivity index (χ1n) is 7.44. The second kappa shape index (κ2) is 6.45. The zero-order valence-corrected chi connectivity index (χ0v) is 13.9. The first-order chi connectivity index (χ1) is 11.5. The molecule has 6 nitrogen and oxygen atoms in total. The van der Waals surface area contributed by atoms with Gasteiger partial charge in [0.15, 0.2) is 0 Å². The molecule has 0 saturated heterocycles. The summed E-state index contributed by atoms with van der Waals surface area (Å²) in [6.07, 6.45) is 0. The molecule has 124 valence electrons. The highest BCUT2D eigenvalue weighted by atomic mass is 32.2. The molecule has 7 heteroatoms. The quantitative estimate of drug-likeness (QED) is 0.878. The van der Waals surface area contributed by atoms with Crippen molar-refractivity contribution in [3.8, 4) is 0 Å². The van der Waals surface area contributed by atoms with Crippen LogP contribution >= 0.6 is 0 Å². The molecule has 0 bridgehead atoms. The van der Waals surface area contributed by atoms with E-state index in [9.17, 15) is 13.2 Å². The molecule has 1 aliphatic rings. The fourth-order valence-electron chi connectivity index (χ4n) is 2.36. The number of hydrogen-bond donors (Lipinski definition) is 2. The molecule has 0 saturated carbocycles. The normalized spacial score (nSPS) is 16.5. The van der Waals surface area contributed by atoms with E-state index in [1.54, 1.807) is 18.2 Å². The maximum absolute atomic E-state index is 12.0. The predicted molar refractivity (Wildman–Crippen MR) is 91.2 cm³/mol. The molecule has 0 aromatic heterocycles. The van der Waals surface area contributed by atoms with Gasteiger partial charge in [-0.1, -0.05) is 42.0 Å². The molecule has 0 aliphatic carbocycles. The lowest BCUT2D eigenvalue weighted by Gasteiger charge is -2.04. The Bertz CT molecular complexity index is 903. The Balaban J connectivity index is 1.64. The molecule has 1 amide bonds. The minimum absolute atomic E-state index is 0.141. The molecular weight excluding hydrogens is 326 g/mol. The zero-order valence-electron chi connectivity index (χ0n) is 13.1. The van der Waals surface area contributed by atoms with Crippen molar-refractivity contribution in [3.63, 3.8) is 0 Å². The first-order valence-corrected chi connectivity index (χ1v) is 8.93. The largest absolute Gasteiger partial charge is 0.350 e. The maximum Gasteiger partial charge on any atom is 0.263 e. The Kier molecular flexibility index (Phi) is 4.35. The van der Waals surface area contributed by atoms with Crippen LogP contribution in [0.1, 0.15) is 16.7 Å². The number of aryl methyl sites for hydroxylation is 1. The summed E-state index contributed by atoms with van der Waals surface area (Å²) in [5.74, 6) is -0.0669. The van der Waals surface area contributed by atoms with E-state index in [1.165, 1.54) is 6.07 Å². The van der Waals surface area contributed by atoms with Crippen LogP contribution in [-0.2, 0) is 21.4 Å². The highest BCUT2D eigenvalue weighted by Gasteiger charge is 2.30. The van der Waals surface area contributed by atoms with Crippen LogP contribution in [0.4, 0.5) is 0 Å². The second-order valence-electron chi connectivity index (χ2n) is 5.53. The number of carbonyl (C=O) groups excluding carboxylic acids is 1. The number of benzene rings is 2. The summed E-state index contributed by atoms with van der Waals surface area (Å²) in [6.45, 7) is 2.27. The smallest absolute Gasteiger partial charge is 0.263 e. The zero-order chi connectivity index (χ0) is 17.2. The van der Waals surface area contributed by atoms with Crippen LogP contribution in [0.25, 0.3) is 0 Å². The first kappa shape index (κ1) is 16.2. The van der Waals surface area contributed by atoms with Gasteiger partial charge in [0.2, 0.25) is 5.91 Å². The third kappa shape index (κ3) is 3.46. The van der Waals surface area contributed by atoms with E-state index in [0.29, 0.717) is 12.1 Å². The van der Waals surface area contributed by atoms with Crippen LogP contribution < -0.4 is 10.0 Å². The summed E-state index contributed by atoms with van der Waals surface area (Å²) < 4.78 is 26.3. The molecule has 0 fully saturated rings. The molecule has 0 radical (unpaired) electrons. The molecule has 0 atom stereocenters. The Labute approximate surface area is 140 Å². The van der Waals surface area contributed by atoms with Gasteiger partial charge in [0.1, 0.15) is 12.4 Å². The van der Waals surface area contributed by atoms with Crippen LogP contribution in [0.3, 0.4) is 0 Å². The number of carbonyl (C=O) groups is 1. The summed E-state index contributed by atoms with van der Waals surface area (Å²) in [6, 6.07) is 14.4. The molecule has 3 rings (SSSR count). The van der Waals surface area contributed by atoms with Gasteiger partial charge in [0.25, 0.3) is 10.0 Å². The summed E-state index contributed by atoms with van der Waals surface area (Å²) in [7, 11) is -3.57. The lowest BCUT2D eigenvalue weighted by atomic mass is 10.1. The Hall–Kier alpha value is -2.67. The molecule has 2 aromatic rings. The molecular formula is C17H17N3O3S. The van der Waals surface area contributed by atoms with Crippen LogP contribution in [0, 0.1) is 6.92 Å². The Morgan fingerprint density at radius 3 is 2.58 bits per heavy atom. The van der Waals surface area contributed by atoms with E-state index < -0.39 is 10.0 Å². The summed E-state index contributed by atoms with van der Waals surface area (Å²) in [4.78, 5) is 16.2. The van der Waals surface area contributed by atoms with E-state index in [0.717, 1.165) is 11.1 Å². The molecule has 2 N–H and O–H groups in total. The Morgan fingerprint density at radius 1 is 1.12 bits per heavy atom. The van der Waals surface area contributed by atoms with Gasteiger partial charge in [-0.25, -0.2) is 8.42 Å². The van der Waals surface area contributed by atoms with Gasteiger partial charge in [0.05, 0.1) is 4.90 Å². The van der Waals surface area contributed by atoms with Crippen molar-refractivity contribution in [2.75, 3.05) is 6.54 Å². The lowest BCUT2D eigenvalue weighted by molar-refractivity contribution is -0.119. The van der Waals surface area contributed by atoms with Crippen molar-refractivity contribution in [2.45, 2.75) is 18.4 Å². The van der Waals surface area contributed by atoms with Crippen LogP contribution in [0.5, 0.6) is 0 Å². The molecule has 1 aliphatic heterocycles. The SMILES string of the molecule is Cc1ccc(CNC(=O)CN=C2NS(=O)(=O)c3ccccc32)cc1. The van der Waals surface area contributed by atoms with Gasteiger partial charge in [-0.3, -0.25) is 14.5 Å². The summed E-state index contributed by atoms with van der Waals surface area (Å²) >= 11 is 0. The molecule has 2 aromatic carbocycles. The number of fused-ring (bicyclic) bond motifs is 1. The van der Waals surface area contributed by atoms with Gasteiger partial charge in [0, 0.05) is 12.1 Å². The predicted octanol–water partition coefficient (Wildman–Crippen LogP) is 1.35. The number of aliphatic imine (C=N–C) groups is 1. The van der Waals surface area contributed by atoms with E-state index in [2.05, 4.69) is 15.0 Å². The van der Waals surface area contributed by atoms with Gasteiger partial charge >= 0.3 is 0 Å². The lowest BCUT2D eigenvalue weighted by Crippen LogP contribution is -2.28. The van der Waals surface area contributed by atoms with Gasteiger partial charge in [-0.15, -0.1) is 0 Å². The third-order valence-electron chi connectivity index (χ3n) is 3.65. The van der Waals surface area contributed by atoms with Crippen molar-refractivity contribution in [1.29, 1.82) is 0 Å². The number of rotatable bonds is 4. The van der Waals surface area contributed by atoms with Crippen LogP contribution in [-0.4, -0.2) is 26.7 Å². The summed E-state index contributed by atoms with van der Waals surface area (Å²) in [5, 5.41) is 2.76. The van der Waals surface area contributed by atoms with Crippen LogP contribution in [0.15, 0.2) is 58.4 Å². The van der Waals surface area contributed by atoms with Crippen molar-refractivity contribution >= 4 is 21.8 Å². The van der Waals surface area contributed by atoms with Crippen molar-refractivity contribution < 1.29 is 13.2 Å². The molecule has 1 heterocycles. The second-order valence-corrected chi connectivity index (χ2v) is 7.18. The van der Waals surface area contributed by atoms with E-state index in [-0.39, 0.29) is 23.2 Å². The minimum atomic E-state index is -3.57. The highest BCUT2D eigenvalue weighted by Crippen LogP contribution is 2.21. The third-order valence-corrected chi connectivity index (χ3v) is 5.05. The van der Waals surface area contributed by atoms with E-state index >= 15 is 0 Å². The number of nitrogens with one attached hydrogen (secondary N) is 2. The van der Waals surface area contributed by atoms with Crippen molar-refractivity contribution in [1.82, 2.24) is 10.0 Å². The molecule has 24 heavy (non-hydrogen) atoms. The number of nitrogens with zero attached hydrogens (tertiary/aromatic N) is 1. The fourth-order valence-corrected chi connectivity index (χ4v) is 3.62. The molecule has 0 spiro atoms. The number of amides is 1. The maximum atomic E-state index is 12.0. The van der Waals surface area contributed by atoms with Crippen LogP contribution in [0.2, 0.25) is 0 Å². The minimum Gasteiger partial charge on any atom is -0.350 e.